The smallest absolute Gasteiger partial charge is 0.183 e. The van der Waals surface area contributed by atoms with E-state index in [1.807, 2.05) is 13.8 Å². The van der Waals surface area contributed by atoms with Crippen molar-refractivity contribution in [1.29, 1.82) is 0 Å². The zero-order chi connectivity index (χ0) is 9.14. The fourth-order valence-corrected chi connectivity index (χ4v) is 1.17. The molecular weight excluding hydrogens is 158 g/mol. The molecule has 4 heteroatoms. The van der Waals surface area contributed by atoms with Crippen LogP contribution in [0.25, 0.3) is 0 Å². The first-order chi connectivity index (χ1) is 5.70. The van der Waals surface area contributed by atoms with Crippen LogP contribution in [0.1, 0.15) is 37.2 Å². The first-order valence-corrected chi connectivity index (χ1v) is 4.04. The molecule has 1 aromatic rings. The topological polar surface area (TPSA) is 66.5 Å². The summed E-state index contributed by atoms with van der Waals surface area (Å²) in [5.41, 5.74) is 1.06. The lowest BCUT2D eigenvalue weighted by molar-refractivity contribution is -0.0441. The number of aliphatic hydroxyl groups excluding tert-OH is 1. The zero-order valence-corrected chi connectivity index (χ0v) is 7.24. The molecule has 1 heterocycles. The van der Waals surface area contributed by atoms with Crippen molar-refractivity contribution >= 4 is 0 Å². The highest BCUT2D eigenvalue weighted by molar-refractivity contribution is 5.23. The molecule has 0 fully saturated rings. The SMILES string of the molecule is CCc1noc(CC)c1C(O)O. The summed E-state index contributed by atoms with van der Waals surface area (Å²) in [7, 11) is 0. The van der Waals surface area contributed by atoms with Crippen molar-refractivity contribution in [3.63, 3.8) is 0 Å². The van der Waals surface area contributed by atoms with E-state index in [2.05, 4.69) is 5.16 Å². The van der Waals surface area contributed by atoms with Gasteiger partial charge in [0.05, 0.1) is 11.3 Å². The van der Waals surface area contributed by atoms with E-state index < -0.39 is 6.29 Å². The van der Waals surface area contributed by atoms with Crippen molar-refractivity contribution < 1.29 is 14.7 Å². The lowest BCUT2D eigenvalue weighted by Gasteiger charge is -2.02. The van der Waals surface area contributed by atoms with Gasteiger partial charge in [-0.3, -0.25) is 0 Å². The highest BCUT2D eigenvalue weighted by Gasteiger charge is 2.18. The molecule has 0 aromatic carbocycles. The van der Waals surface area contributed by atoms with Gasteiger partial charge in [-0.2, -0.15) is 0 Å². The number of hydrogen-bond acceptors (Lipinski definition) is 4. The van der Waals surface area contributed by atoms with E-state index in [-0.39, 0.29) is 0 Å². The lowest BCUT2D eigenvalue weighted by atomic mass is 10.1. The lowest BCUT2D eigenvalue weighted by Crippen LogP contribution is -2.00. The van der Waals surface area contributed by atoms with Gasteiger partial charge in [0.1, 0.15) is 5.76 Å². The molecule has 0 bridgehead atoms. The molecule has 0 aliphatic rings. The molecule has 2 N–H and O–H groups in total. The van der Waals surface area contributed by atoms with Crippen molar-refractivity contribution in [1.82, 2.24) is 5.16 Å². The average molecular weight is 171 g/mol. The second-order valence-electron chi connectivity index (χ2n) is 2.55. The maximum Gasteiger partial charge on any atom is 0.183 e. The van der Waals surface area contributed by atoms with E-state index in [4.69, 9.17) is 14.7 Å². The Morgan fingerprint density at radius 3 is 2.42 bits per heavy atom. The van der Waals surface area contributed by atoms with Crippen LogP contribution in [-0.2, 0) is 12.8 Å². The Morgan fingerprint density at radius 2 is 2.00 bits per heavy atom. The Balaban J connectivity index is 3.07. The van der Waals surface area contributed by atoms with Crippen LogP contribution in [0.5, 0.6) is 0 Å². The number of aliphatic hydroxyl groups is 2. The summed E-state index contributed by atoms with van der Waals surface area (Å²) in [6.45, 7) is 3.77. The molecule has 1 aromatic heterocycles. The predicted octanol–water partition coefficient (Wildman–Crippen LogP) is 0.783. The van der Waals surface area contributed by atoms with E-state index >= 15 is 0 Å². The Labute approximate surface area is 70.8 Å². The van der Waals surface area contributed by atoms with Gasteiger partial charge in [0.15, 0.2) is 6.29 Å². The summed E-state index contributed by atoms with van der Waals surface area (Å²) in [5, 5.41) is 21.7. The fourth-order valence-electron chi connectivity index (χ4n) is 1.17. The molecule has 0 saturated carbocycles. The molecule has 0 spiro atoms. The first kappa shape index (κ1) is 9.22. The second kappa shape index (κ2) is 3.69. The molecule has 0 aliphatic heterocycles. The van der Waals surface area contributed by atoms with Crippen LogP contribution >= 0.6 is 0 Å². The second-order valence-corrected chi connectivity index (χ2v) is 2.55. The average Bonchev–Trinajstić information content (AvgIpc) is 2.46. The Hall–Kier alpha value is -0.870. The van der Waals surface area contributed by atoms with Gasteiger partial charge < -0.3 is 14.7 Å². The zero-order valence-electron chi connectivity index (χ0n) is 7.24. The predicted molar refractivity (Wildman–Crippen MR) is 42.4 cm³/mol. The van der Waals surface area contributed by atoms with E-state index in [1.54, 1.807) is 0 Å². The van der Waals surface area contributed by atoms with Crippen LogP contribution in [0.2, 0.25) is 0 Å². The minimum atomic E-state index is -1.47. The molecular formula is C8H13NO3. The Morgan fingerprint density at radius 1 is 1.33 bits per heavy atom. The molecule has 12 heavy (non-hydrogen) atoms. The van der Waals surface area contributed by atoms with E-state index in [1.165, 1.54) is 0 Å². The molecule has 0 amide bonds. The molecule has 4 nitrogen and oxygen atoms in total. The van der Waals surface area contributed by atoms with Gasteiger partial charge in [0.25, 0.3) is 0 Å². The molecule has 0 radical (unpaired) electrons. The highest BCUT2D eigenvalue weighted by atomic mass is 16.5. The number of nitrogens with zero attached hydrogens (tertiary/aromatic N) is 1. The summed E-state index contributed by atoms with van der Waals surface area (Å²) in [4.78, 5) is 0. The monoisotopic (exact) mass is 171 g/mol. The van der Waals surface area contributed by atoms with Crippen molar-refractivity contribution in [3.05, 3.63) is 17.0 Å². The van der Waals surface area contributed by atoms with Crippen molar-refractivity contribution in [3.8, 4) is 0 Å². The molecule has 0 saturated heterocycles. The Kier molecular flexibility index (Phi) is 2.83. The standard InChI is InChI=1S/C8H13NO3/c1-3-5-7(8(10)11)6(4-2)12-9-5/h8,10-11H,3-4H2,1-2H3. The summed E-state index contributed by atoms with van der Waals surface area (Å²) in [6.07, 6.45) is -0.197. The van der Waals surface area contributed by atoms with Crippen molar-refractivity contribution in [2.24, 2.45) is 0 Å². The molecule has 0 aliphatic carbocycles. The molecule has 0 unspecified atom stereocenters. The minimum Gasteiger partial charge on any atom is -0.364 e. The van der Waals surface area contributed by atoms with Crippen molar-refractivity contribution in [2.45, 2.75) is 33.0 Å². The summed E-state index contributed by atoms with van der Waals surface area (Å²) >= 11 is 0. The van der Waals surface area contributed by atoms with Gasteiger partial charge in [-0.05, 0) is 6.42 Å². The highest BCUT2D eigenvalue weighted by Crippen LogP contribution is 2.21. The van der Waals surface area contributed by atoms with Crippen LogP contribution in [0.4, 0.5) is 0 Å². The number of rotatable bonds is 3. The fraction of sp³-hybridized carbons (Fsp3) is 0.625. The third-order valence-corrected chi connectivity index (χ3v) is 1.79. The molecule has 0 atom stereocenters. The Bertz CT molecular complexity index is 233. The quantitative estimate of drug-likeness (QED) is 0.659. The van der Waals surface area contributed by atoms with Crippen LogP contribution in [0.15, 0.2) is 4.52 Å². The largest absolute Gasteiger partial charge is 0.364 e. The first-order valence-electron chi connectivity index (χ1n) is 4.04. The number of aryl methyl sites for hydroxylation is 2. The van der Waals surface area contributed by atoms with Crippen LogP contribution < -0.4 is 0 Å². The summed E-state index contributed by atoms with van der Waals surface area (Å²) in [6, 6.07) is 0. The molecule has 68 valence electrons. The summed E-state index contributed by atoms with van der Waals surface area (Å²) in [5.74, 6) is 0.557. The number of aromatic nitrogens is 1. The number of hydrogen-bond donors (Lipinski definition) is 2. The third-order valence-electron chi connectivity index (χ3n) is 1.79. The van der Waals surface area contributed by atoms with E-state index in [9.17, 15) is 0 Å². The van der Waals surface area contributed by atoms with Gasteiger partial charge in [0, 0.05) is 6.42 Å². The van der Waals surface area contributed by atoms with Crippen LogP contribution in [-0.4, -0.2) is 15.4 Å². The third kappa shape index (κ3) is 1.49. The van der Waals surface area contributed by atoms with Gasteiger partial charge in [-0.15, -0.1) is 0 Å². The van der Waals surface area contributed by atoms with Crippen molar-refractivity contribution in [2.75, 3.05) is 0 Å². The van der Waals surface area contributed by atoms with Crippen LogP contribution in [0.3, 0.4) is 0 Å². The molecule has 1 rings (SSSR count). The maximum atomic E-state index is 8.99. The summed E-state index contributed by atoms with van der Waals surface area (Å²) < 4.78 is 4.93. The normalized spacial score (nSPS) is 11.1. The van der Waals surface area contributed by atoms with E-state index in [0.717, 1.165) is 0 Å². The van der Waals surface area contributed by atoms with E-state index in [0.29, 0.717) is 29.9 Å². The van der Waals surface area contributed by atoms with Gasteiger partial charge >= 0.3 is 0 Å². The minimum absolute atomic E-state index is 0.431. The van der Waals surface area contributed by atoms with Gasteiger partial charge in [-0.25, -0.2) is 0 Å². The maximum absolute atomic E-state index is 8.99. The van der Waals surface area contributed by atoms with Crippen LogP contribution in [0, 0.1) is 0 Å². The van der Waals surface area contributed by atoms with Gasteiger partial charge in [0.2, 0.25) is 0 Å². The van der Waals surface area contributed by atoms with Gasteiger partial charge in [-0.1, -0.05) is 19.0 Å².